The lowest BCUT2D eigenvalue weighted by atomic mass is 9.92. The zero-order chi connectivity index (χ0) is 30.7. The maximum absolute atomic E-state index is 13.9. The van der Waals surface area contributed by atoms with Gasteiger partial charge in [-0.15, -0.1) is 0 Å². The summed E-state index contributed by atoms with van der Waals surface area (Å²) in [5.41, 5.74) is 7.56. The molecule has 2 aliphatic rings. The van der Waals surface area contributed by atoms with E-state index >= 15 is 0 Å². The third kappa shape index (κ3) is 6.67. The number of amides is 3. The number of alkyl halides is 3. The van der Waals surface area contributed by atoms with Gasteiger partial charge in [0.05, 0.1) is 18.0 Å². The molecule has 3 atom stereocenters. The largest absolute Gasteiger partial charge is 0.444 e. The summed E-state index contributed by atoms with van der Waals surface area (Å²) in [6, 6.07) is 21.2. The molecule has 3 amide bonds. The van der Waals surface area contributed by atoms with Crippen LogP contribution in [0.25, 0.3) is 0 Å². The quantitative estimate of drug-likeness (QED) is 0.439. The molecule has 0 aromatic heterocycles. The van der Waals surface area contributed by atoms with Crippen molar-refractivity contribution >= 4 is 17.9 Å². The standard InChI is InChI=1S/C32H33F3N4O4/c1-21-12-24(15-26(13-21)32(33,34)35)20-43-31(42)38-18-25(14-22-8-4-2-5-9-22)29(40)39-27(16-36)30(41)37(19-28(38)39)17-23-10-6-3-7-11-23/h2-13,15,25,27-28H,14,16-20,36H2,1H3/t25-,27-,28+/m0/s1. The Morgan fingerprint density at radius 2 is 1.56 bits per heavy atom. The summed E-state index contributed by atoms with van der Waals surface area (Å²) in [7, 11) is 0. The summed E-state index contributed by atoms with van der Waals surface area (Å²) in [5.74, 6) is -1.27. The summed E-state index contributed by atoms with van der Waals surface area (Å²) in [6.45, 7) is 1.31. The molecule has 0 unspecified atom stereocenters. The predicted octanol–water partition coefficient (Wildman–Crippen LogP) is 4.35. The topological polar surface area (TPSA) is 96.2 Å². The van der Waals surface area contributed by atoms with E-state index in [9.17, 15) is 27.6 Å². The molecule has 2 N–H and O–H groups in total. The number of hydrogen-bond acceptors (Lipinski definition) is 5. The van der Waals surface area contributed by atoms with Gasteiger partial charge in [0.1, 0.15) is 18.8 Å². The van der Waals surface area contributed by atoms with Crippen LogP contribution in [-0.4, -0.2) is 64.4 Å². The Labute approximate surface area is 247 Å². The molecule has 3 aromatic carbocycles. The van der Waals surface area contributed by atoms with Crippen LogP contribution in [-0.2, 0) is 40.1 Å². The lowest BCUT2D eigenvalue weighted by Gasteiger charge is -2.53. The zero-order valence-electron chi connectivity index (χ0n) is 23.7. The van der Waals surface area contributed by atoms with Crippen molar-refractivity contribution < 1.29 is 32.3 Å². The summed E-state index contributed by atoms with van der Waals surface area (Å²) < 4.78 is 45.7. The van der Waals surface area contributed by atoms with Crippen molar-refractivity contribution in [3.8, 4) is 0 Å². The van der Waals surface area contributed by atoms with Gasteiger partial charge in [0.25, 0.3) is 0 Å². The van der Waals surface area contributed by atoms with Crippen LogP contribution in [0.4, 0.5) is 18.0 Å². The Morgan fingerprint density at radius 3 is 2.19 bits per heavy atom. The van der Waals surface area contributed by atoms with E-state index in [1.807, 2.05) is 60.7 Å². The van der Waals surface area contributed by atoms with Gasteiger partial charge >= 0.3 is 12.3 Å². The Balaban J connectivity index is 1.43. The fraction of sp³-hybridized carbons (Fsp3) is 0.344. The lowest BCUT2D eigenvalue weighted by Crippen LogP contribution is -2.74. The number of rotatable bonds is 7. The molecule has 0 saturated carbocycles. The van der Waals surface area contributed by atoms with E-state index in [1.54, 1.807) is 4.90 Å². The van der Waals surface area contributed by atoms with Crippen LogP contribution in [0.5, 0.6) is 0 Å². The van der Waals surface area contributed by atoms with Gasteiger partial charge < -0.3 is 20.3 Å². The summed E-state index contributed by atoms with van der Waals surface area (Å²) in [6.07, 6.45) is -5.87. The van der Waals surface area contributed by atoms with Crippen LogP contribution >= 0.6 is 0 Å². The van der Waals surface area contributed by atoms with Gasteiger partial charge in [0.15, 0.2) is 0 Å². The molecule has 2 fully saturated rings. The molecule has 5 rings (SSSR count). The second kappa shape index (κ2) is 12.5. The van der Waals surface area contributed by atoms with Gasteiger partial charge in [-0.05, 0) is 42.2 Å². The van der Waals surface area contributed by atoms with Crippen LogP contribution < -0.4 is 5.73 Å². The van der Waals surface area contributed by atoms with Gasteiger partial charge in [0.2, 0.25) is 11.8 Å². The highest BCUT2D eigenvalue weighted by Crippen LogP contribution is 2.32. The molecule has 0 aliphatic carbocycles. The van der Waals surface area contributed by atoms with Gasteiger partial charge in [0, 0.05) is 19.6 Å². The van der Waals surface area contributed by atoms with E-state index in [2.05, 4.69) is 0 Å². The van der Waals surface area contributed by atoms with Crippen molar-refractivity contribution in [3.05, 3.63) is 107 Å². The number of piperazine rings is 1. The number of carbonyl (C=O) groups is 3. The Morgan fingerprint density at radius 1 is 0.907 bits per heavy atom. The molecule has 43 heavy (non-hydrogen) atoms. The average molecular weight is 595 g/mol. The minimum Gasteiger partial charge on any atom is -0.444 e. The molecule has 2 aliphatic heterocycles. The average Bonchev–Trinajstić information content (AvgIpc) is 2.98. The molecule has 0 radical (unpaired) electrons. The fourth-order valence-corrected chi connectivity index (χ4v) is 5.85. The maximum Gasteiger partial charge on any atom is 0.416 e. The number of fused-ring (bicyclic) bond motifs is 1. The molecule has 0 spiro atoms. The van der Waals surface area contributed by atoms with E-state index < -0.39 is 42.6 Å². The molecular formula is C32H33F3N4O4. The number of benzene rings is 3. The minimum atomic E-state index is -4.54. The van der Waals surface area contributed by atoms with Crippen LogP contribution in [0.15, 0.2) is 78.9 Å². The molecule has 2 saturated heterocycles. The summed E-state index contributed by atoms with van der Waals surface area (Å²) in [4.78, 5) is 45.5. The number of halogens is 3. The fourth-order valence-electron chi connectivity index (χ4n) is 5.85. The zero-order valence-corrected chi connectivity index (χ0v) is 23.7. The molecule has 226 valence electrons. The first-order valence-electron chi connectivity index (χ1n) is 14.0. The first-order chi connectivity index (χ1) is 20.5. The monoisotopic (exact) mass is 594 g/mol. The SMILES string of the molecule is Cc1cc(COC(=O)N2C[C@H](Cc3ccccc3)C(=O)N3[C@@H]2CN(Cc2ccccc2)C(=O)[C@@H]3CN)cc(C(F)(F)F)c1. The van der Waals surface area contributed by atoms with Crippen LogP contribution in [0.2, 0.25) is 0 Å². The second-order valence-corrected chi connectivity index (χ2v) is 11.0. The molecule has 11 heteroatoms. The van der Waals surface area contributed by atoms with Crippen molar-refractivity contribution in [1.82, 2.24) is 14.7 Å². The summed E-state index contributed by atoms with van der Waals surface area (Å²) in [5, 5.41) is 0. The number of ether oxygens (including phenoxy) is 1. The Kier molecular flexibility index (Phi) is 8.72. The number of aryl methyl sites for hydroxylation is 1. The number of hydrogen-bond donors (Lipinski definition) is 1. The lowest BCUT2D eigenvalue weighted by molar-refractivity contribution is -0.172. The smallest absolute Gasteiger partial charge is 0.416 e. The third-order valence-corrected chi connectivity index (χ3v) is 7.84. The van der Waals surface area contributed by atoms with Crippen LogP contribution in [0.3, 0.4) is 0 Å². The van der Waals surface area contributed by atoms with Crippen molar-refractivity contribution in [2.45, 2.75) is 44.9 Å². The van der Waals surface area contributed by atoms with Gasteiger partial charge in [-0.3, -0.25) is 14.5 Å². The van der Waals surface area contributed by atoms with Crippen molar-refractivity contribution in [2.24, 2.45) is 11.7 Å². The minimum absolute atomic E-state index is 0.0139. The van der Waals surface area contributed by atoms with E-state index in [0.717, 1.165) is 23.3 Å². The van der Waals surface area contributed by atoms with E-state index in [4.69, 9.17) is 10.5 Å². The van der Waals surface area contributed by atoms with E-state index in [1.165, 1.54) is 22.8 Å². The number of nitrogens with two attached hydrogens (primary N) is 1. The Hall–Kier alpha value is -4.38. The van der Waals surface area contributed by atoms with Gasteiger partial charge in [-0.25, -0.2) is 4.79 Å². The highest BCUT2D eigenvalue weighted by molar-refractivity contribution is 5.92. The Bertz CT molecular complexity index is 1470. The molecule has 3 aromatic rings. The third-order valence-electron chi connectivity index (χ3n) is 7.84. The highest BCUT2D eigenvalue weighted by atomic mass is 19.4. The van der Waals surface area contributed by atoms with Crippen LogP contribution in [0, 0.1) is 12.8 Å². The normalized spacial score (nSPS) is 20.7. The predicted molar refractivity (Wildman–Crippen MR) is 152 cm³/mol. The molecule has 0 bridgehead atoms. The van der Waals surface area contributed by atoms with E-state index in [-0.39, 0.29) is 43.6 Å². The van der Waals surface area contributed by atoms with E-state index in [0.29, 0.717) is 12.0 Å². The van der Waals surface area contributed by atoms with Crippen molar-refractivity contribution in [1.29, 1.82) is 0 Å². The first-order valence-corrected chi connectivity index (χ1v) is 14.0. The maximum atomic E-state index is 13.9. The number of carbonyl (C=O) groups excluding carboxylic acids is 3. The first kappa shape index (κ1) is 30.1. The summed E-state index contributed by atoms with van der Waals surface area (Å²) >= 11 is 0. The van der Waals surface area contributed by atoms with Crippen molar-refractivity contribution in [3.63, 3.8) is 0 Å². The second-order valence-electron chi connectivity index (χ2n) is 11.0. The van der Waals surface area contributed by atoms with Gasteiger partial charge in [-0.1, -0.05) is 72.3 Å². The molecular weight excluding hydrogens is 561 g/mol. The molecule has 8 nitrogen and oxygen atoms in total. The molecule has 2 heterocycles. The van der Waals surface area contributed by atoms with Gasteiger partial charge in [-0.2, -0.15) is 13.2 Å². The highest BCUT2D eigenvalue weighted by Gasteiger charge is 2.51. The van der Waals surface area contributed by atoms with Crippen LogP contribution in [0.1, 0.15) is 27.8 Å². The van der Waals surface area contributed by atoms with Crippen molar-refractivity contribution in [2.75, 3.05) is 19.6 Å². The number of nitrogens with zero attached hydrogens (tertiary/aromatic N) is 3.